The monoisotopic (exact) mass is 566 g/mol. The number of hydrogen-bond donors (Lipinski definition) is 1. The van der Waals surface area contributed by atoms with Crippen LogP contribution in [-0.4, -0.2) is 29.6 Å². The van der Waals surface area contributed by atoms with Gasteiger partial charge in [-0.25, -0.2) is 0 Å². The number of allylic oxidation sites excluding steroid dienone is 1. The molecule has 214 valence electrons. The standard InChI is InChI=1S/C38H34N2O3/c1-23(2)21-25-17-19-27(20-18-25)35(41)33-34(36(42)26-11-5-4-6-12-26)40-31-16-10-7-13-28(31)24(3)22-32(40)38(33)29-14-8-9-15-30(29)39-37(38)43/h4-20,22-23,32-34H,21H2,1-3H3,(H,39,43)/t32-,33+,34-,38-/m1/s1. The summed E-state index contributed by atoms with van der Waals surface area (Å²) in [7, 11) is 0. The highest BCUT2D eigenvalue weighted by atomic mass is 16.2. The molecule has 1 fully saturated rings. The second kappa shape index (κ2) is 10.2. The van der Waals surface area contributed by atoms with Gasteiger partial charge in [0.15, 0.2) is 11.6 Å². The number of fused-ring (bicyclic) bond motifs is 6. The Morgan fingerprint density at radius 3 is 2.21 bits per heavy atom. The van der Waals surface area contributed by atoms with Gasteiger partial charge in [-0.2, -0.15) is 0 Å². The number of anilines is 2. The summed E-state index contributed by atoms with van der Waals surface area (Å²) in [6.45, 7) is 6.38. The zero-order chi connectivity index (χ0) is 29.9. The summed E-state index contributed by atoms with van der Waals surface area (Å²) >= 11 is 0. The molecule has 0 radical (unpaired) electrons. The third-order valence-electron chi connectivity index (χ3n) is 9.38. The van der Waals surface area contributed by atoms with Crippen LogP contribution in [0.1, 0.15) is 58.2 Å². The number of nitrogens with zero attached hydrogens (tertiary/aromatic N) is 1. The third kappa shape index (κ3) is 4.02. The number of nitrogens with one attached hydrogen (secondary N) is 1. The number of carbonyl (C=O) groups is 3. The average molecular weight is 567 g/mol. The van der Waals surface area contributed by atoms with Gasteiger partial charge in [0.05, 0.1) is 12.0 Å². The van der Waals surface area contributed by atoms with Crippen LogP contribution in [0.2, 0.25) is 0 Å². The average Bonchev–Trinajstić information content (AvgIpc) is 3.49. The molecule has 5 nitrogen and oxygen atoms in total. The number of para-hydroxylation sites is 2. The highest BCUT2D eigenvalue weighted by Crippen LogP contribution is 2.58. The molecule has 1 saturated heterocycles. The van der Waals surface area contributed by atoms with Crippen molar-refractivity contribution in [3.63, 3.8) is 0 Å². The van der Waals surface area contributed by atoms with Gasteiger partial charge in [-0.3, -0.25) is 14.4 Å². The number of amides is 1. The lowest BCUT2D eigenvalue weighted by Gasteiger charge is -2.39. The number of ketones is 2. The van der Waals surface area contributed by atoms with Crippen molar-refractivity contribution in [3.8, 4) is 0 Å². The summed E-state index contributed by atoms with van der Waals surface area (Å²) in [5.74, 6) is -1.10. The maximum atomic E-state index is 15.0. The number of carbonyl (C=O) groups excluding carboxylic acids is 3. The summed E-state index contributed by atoms with van der Waals surface area (Å²) in [4.78, 5) is 46.3. The number of benzene rings is 4. The van der Waals surface area contributed by atoms with Crippen LogP contribution in [-0.2, 0) is 16.6 Å². The largest absolute Gasteiger partial charge is 0.352 e. The van der Waals surface area contributed by atoms with Crippen molar-refractivity contribution in [2.75, 3.05) is 10.2 Å². The number of Topliss-reactive ketones (excluding diaryl/α,β-unsaturated/α-hetero) is 2. The van der Waals surface area contributed by atoms with E-state index >= 15 is 4.79 Å². The molecule has 43 heavy (non-hydrogen) atoms. The molecular formula is C38H34N2O3. The quantitative estimate of drug-likeness (QED) is 0.252. The zero-order valence-electron chi connectivity index (χ0n) is 24.6. The second-order valence-electron chi connectivity index (χ2n) is 12.4. The molecule has 0 unspecified atom stereocenters. The number of hydrogen-bond acceptors (Lipinski definition) is 4. The normalized spacial score (nSPS) is 23.4. The Balaban J connectivity index is 1.50. The first-order valence-electron chi connectivity index (χ1n) is 15.0. The Bertz CT molecular complexity index is 1790. The lowest BCUT2D eigenvalue weighted by atomic mass is 9.64. The molecule has 1 N–H and O–H groups in total. The molecule has 4 atom stereocenters. The van der Waals surface area contributed by atoms with E-state index in [-0.39, 0.29) is 17.5 Å². The van der Waals surface area contributed by atoms with Crippen molar-refractivity contribution < 1.29 is 14.4 Å². The predicted octanol–water partition coefficient (Wildman–Crippen LogP) is 7.13. The van der Waals surface area contributed by atoms with Gasteiger partial charge in [0, 0.05) is 28.1 Å². The number of rotatable bonds is 6. The van der Waals surface area contributed by atoms with Crippen LogP contribution in [0.3, 0.4) is 0 Å². The molecule has 1 amide bonds. The van der Waals surface area contributed by atoms with Crippen molar-refractivity contribution in [3.05, 3.63) is 137 Å². The fourth-order valence-electron chi connectivity index (χ4n) is 7.62. The van der Waals surface area contributed by atoms with Gasteiger partial charge < -0.3 is 10.2 Å². The molecule has 4 aromatic carbocycles. The Morgan fingerprint density at radius 1 is 0.814 bits per heavy atom. The highest BCUT2D eigenvalue weighted by Gasteiger charge is 2.70. The molecule has 0 aromatic heterocycles. The second-order valence-corrected chi connectivity index (χ2v) is 12.4. The first-order valence-corrected chi connectivity index (χ1v) is 15.0. The summed E-state index contributed by atoms with van der Waals surface area (Å²) in [5, 5.41) is 3.11. The smallest absolute Gasteiger partial charge is 0.238 e. The lowest BCUT2D eigenvalue weighted by molar-refractivity contribution is -0.121. The van der Waals surface area contributed by atoms with E-state index < -0.39 is 23.4 Å². The molecule has 0 bridgehead atoms. The van der Waals surface area contributed by atoms with Gasteiger partial charge in [-0.05, 0) is 48.1 Å². The van der Waals surface area contributed by atoms with E-state index in [4.69, 9.17) is 0 Å². The molecule has 7 rings (SSSR count). The van der Waals surface area contributed by atoms with Gasteiger partial charge in [-0.1, -0.05) is 111 Å². The molecule has 3 heterocycles. The molecule has 4 aromatic rings. The Labute approximate surface area is 252 Å². The predicted molar refractivity (Wildman–Crippen MR) is 170 cm³/mol. The Morgan fingerprint density at radius 2 is 1.47 bits per heavy atom. The van der Waals surface area contributed by atoms with Crippen LogP contribution in [0.5, 0.6) is 0 Å². The van der Waals surface area contributed by atoms with Gasteiger partial charge in [0.25, 0.3) is 0 Å². The Kier molecular flexibility index (Phi) is 6.42. The fourth-order valence-corrected chi connectivity index (χ4v) is 7.62. The van der Waals surface area contributed by atoms with E-state index in [1.54, 1.807) is 12.1 Å². The van der Waals surface area contributed by atoms with Crippen molar-refractivity contribution >= 4 is 34.4 Å². The third-order valence-corrected chi connectivity index (χ3v) is 9.38. The van der Waals surface area contributed by atoms with Gasteiger partial charge in [0.2, 0.25) is 5.91 Å². The van der Waals surface area contributed by atoms with Crippen LogP contribution < -0.4 is 10.2 Å². The minimum absolute atomic E-state index is 0.169. The van der Waals surface area contributed by atoms with Crippen LogP contribution >= 0.6 is 0 Å². The SMILES string of the molecule is CC1=C[C@H]2N(c3ccccc31)[C@@H](C(=O)c1ccccc1)[C@@H](C(=O)c1ccc(CC(C)C)cc1)[C@]21C(=O)Nc2ccccc21. The first kappa shape index (κ1) is 27.1. The lowest BCUT2D eigenvalue weighted by Crippen LogP contribution is -2.51. The van der Waals surface area contributed by atoms with E-state index in [1.165, 1.54) is 0 Å². The van der Waals surface area contributed by atoms with Gasteiger partial charge in [0.1, 0.15) is 11.5 Å². The van der Waals surface area contributed by atoms with Gasteiger partial charge in [-0.15, -0.1) is 0 Å². The van der Waals surface area contributed by atoms with E-state index in [9.17, 15) is 9.59 Å². The molecule has 1 spiro atoms. The first-order chi connectivity index (χ1) is 20.8. The maximum absolute atomic E-state index is 15.0. The topological polar surface area (TPSA) is 66.5 Å². The van der Waals surface area contributed by atoms with Crippen LogP contribution in [0.15, 0.2) is 109 Å². The zero-order valence-corrected chi connectivity index (χ0v) is 24.6. The molecule has 0 aliphatic carbocycles. The summed E-state index contributed by atoms with van der Waals surface area (Å²) in [6.07, 6.45) is 3.00. The molecule has 3 aliphatic heterocycles. The molecule has 5 heteroatoms. The molecule has 0 saturated carbocycles. The molecule has 3 aliphatic rings. The highest BCUT2D eigenvalue weighted by molar-refractivity contribution is 6.18. The maximum Gasteiger partial charge on any atom is 0.238 e. The van der Waals surface area contributed by atoms with E-state index in [2.05, 4.69) is 30.1 Å². The fraction of sp³-hybridized carbons (Fsp3) is 0.237. The van der Waals surface area contributed by atoms with Crippen molar-refractivity contribution in [2.45, 2.75) is 44.7 Å². The van der Waals surface area contributed by atoms with Crippen molar-refractivity contribution in [1.82, 2.24) is 0 Å². The van der Waals surface area contributed by atoms with Crippen LogP contribution in [0.25, 0.3) is 5.57 Å². The van der Waals surface area contributed by atoms with Crippen molar-refractivity contribution in [1.29, 1.82) is 0 Å². The summed E-state index contributed by atoms with van der Waals surface area (Å²) in [6, 6.07) is 31.0. The molecular weight excluding hydrogens is 532 g/mol. The summed E-state index contributed by atoms with van der Waals surface area (Å²) in [5.41, 5.74) is 5.19. The van der Waals surface area contributed by atoms with E-state index in [0.29, 0.717) is 22.7 Å². The van der Waals surface area contributed by atoms with Crippen molar-refractivity contribution in [2.24, 2.45) is 11.8 Å². The minimum Gasteiger partial charge on any atom is -0.352 e. The van der Waals surface area contributed by atoms with Crippen LogP contribution in [0.4, 0.5) is 11.4 Å². The van der Waals surface area contributed by atoms with E-state index in [1.807, 2.05) is 97.9 Å². The minimum atomic E-state index is -1.31. The Hall–Kier alpha value is -4.77. The summed E-state index contributed by atoms with van der Waals surface area (Å²) < 4.78 is 0. The van der Waals surface area contributed by atoms with E-state index in [0.717, 1.165) is 34.4 Å². The van der Waals surface area contributed by atoms with Gasteiger partial charge >= 0.3 is 0 Å². The van der Waals surface area contributed by atoms with Crippen LogP contribution in [0, 0.1) is 11.8 Å².